The van der Waals surface area contributed by atoms with Crippen LogP contribution in [0.5, 0.6) is 0 Å². The van der Waals surface area contributed by atoms with E-state index in [1.807, 2.05) is 47.9 Å². The molecule has 26 heavy (non-hydrogen) atoms. The monoisotopic (exact) mass is 363 g/mol. The van der Waals surface area contributed by atoms with Crippen LogP contribution in [0.25, 0.3) is 16.7 Å². The summed E-state index contributed by atoms with van der Waals surface area (Å²) in [5.41, 5.74) is 4.13. The van der Waals surface area contributed by atoms with Gasteiger partial charge in [-0.05, 0) is 49.4 Å². The van der Waals surface area contributed by atoms with E-state index in [0.29, 0.717) is 5.69 Å². The molecule has 4 rings (SSSR count). The van der Waals surface area contributed by atoms with Crippen LogP contribution in [0.3, 0.4) is 0 Å². The molecule has 1 N–H and O–H groups in total. The number of aryl methyl sites for hydroxylation is 1. The van der Waals surface area contributed by atoms with E-state index < -0.39 is 10.0 Å². The highest BCUT2D eigenvalue weighted by molar-refractivity contribution is 7.92. The Hall–Kier alpha value is -3.12. The number of sulfonamides is 1. The normalized spacial score (nSPS) is 11.6. The van der Waals surface area contributed by atoms with Gasteiger partial charge in [0.25, 0.3) is 10.0 Å². The zero-order chi connectivity index (χ0) is 18.1. The smallest absolute Gasteiger partial charge is 0.261 e. The van der Waals surface area contributed by atoms with Crippen LogP contribution in [0.1, 0.15) is 5.56 Å². The zero-order valence-corrected chi connectivity index (χ0v) is 14.9. The van der Waals surface area contributed by atoms with E-state index in [0.717, 1.165) is 22.3 Å². The number of rotatable bonds is 4. The van der Waals surface area contributed by atoms with E-state index in [-0.39, 0.29) is 4.90 Å². The number of fused-ring (bicyclic) bond motifs is 1. The molecule has 6 heteroatoms. The Bertz CT molecular complexity index is 1160. The lowest BCUT2D eigenvalue weighted by Gasteiger charge is -2.09. The minimum absolute atomic E-state index is 0.234. The summed E-state index contributed by atoms with van der Waals surface area (Å²) in [5.74, 6) is 0. The van der Waals surface area contributed by atoms with Gasteiger partial charge in [-0.2, -0.15) is 0 Å². The number of nitrogens with one attached hydrogen (secondary N) is 1. The fraction of sp³-hybridized carbons (Fsp3) is 0.0500. The third-order valence-corrected chi connectivity index (χ3v) is 5.56. The Morgan fingerprint density at radius 3 is 2.38 bits per heavy atom. The average Bonchev–Trinajstić information content (AvgIpc) is 3.05. The number of anilines is 1. The predicted molar refractivity (Wildman–Crippen MR) is 103 cm³/mol. The molecule has 3 aromatic carbocycles. The van der Waals surface area contributed by atoms with Gasteiger partial charge in [0.15, 0.2) is 0 Å². The van der Waals surface area contributed by atoms with E-state index in [1.54, 1.807) is 42.7 Å². The molecule has 0 amide bonds. The molecule has 0 saturated heterocycles. The van der Waals surface area contributed by atoms with Crippen molar-refractivity contribution in [3.8, 4) is 5.69 Å². The van der Waals surface area contributed by atoms with Crippen molar-refractivity contribution in [2.24, 2.45) is 0 Å². The van der Waals surface area contributed by atoms with Crippen molar-refractivity contribution in [3.63, 3.8) is 0 Å². The molecule has 0 fully saturated rings. The van der Waals surface area contributed by atoms with E-state index in [2.05, 4.69) is 9.71 Å². The lowest BCUT2D eigenvalue weighted by Crippen LogP contribution is -2.12. The highest BCUT2D eigenvalue weighted by Crippen LogP contribution is 2.23. The van der Waals surface area contributed by atoms with Crippen LogP contribution in [0.2, 0.25) is 0 Å². The molecule has 0 saturated carbocycles. The molecule has 0 aliphatic heterocycles. The van der Waals surface area contributed by atoms with Crippen LogP contribution in [0.15, 0.2) is 84.0 Å². The minimum Gasteiger partial charge on any atom is -0.299 e. The molecule has 1 heterocycles. The molecular formula is C20H17N3O2S. The van der Waals surface area contributed by atoms with Gasteiger partial charge in [-0.15, -0.1) is 0 Å². The fourth-order valence-electron chi connectivity index (χ4n) is 2.80. The van der Waals surface area contributed by atoms with Gasteiger partial charge in [0.1, 0.15) is 6.33 Å². The highest BCUT2D eigenvalue weighted by atomic mass is 32.2. The number of imidazole rings is 1. The Morgan fingerprint density at radius 2 is 1.65 bits per heavy atom. The summed E-state index contributed by atoms with van der Waals surface area (Å²) in [6.45, 7) is 1.92. The molecule has 0 spiro atoms. The molecule has 0 radical (unpaired) electrons. The lowest BCUT2D eigenvalue weighted by atomic mass is 10.2. The molecular weight excluding hydrogens is 346 g/mol. The Morgan fingerprint density at radius 1 is 0.923 bits per heavy atom. The number of hydrogen-bond donors (Lipinski definition) is 1. The maximum atomic E-state index is 12.5. The van der Waals surface area contributed by atoms with E-state index in [4.69, 9.17) is 0 Å². The minimum atomic E-state index is -3.63. The Kier molecular flexibility index (Phi) is 3.97. The van der Waals surface area contributed by atoms with Crippen molar-refractivity contribution >= 4 is 26.7 Å². The maximum Gasteiger partial charge on any atom is 0.261 e. The zero-order valence-electron chi connectivity index (χ0n) is 14.1. The summed E-state index contributed by atoms with van der Waals surface area (Å²) >= 11 is 0. The van der Waals surface area contributed by atoms with Crippen molar-refractivity contribution in [1.82, 2.24) is 9.55 Å². The molecule has 0 aliphatic carbocycles. The molecule has 5 nitrogen and oxygen atoms in total. The SMILES string of the molecule is Cc1ccc(S(=O)(=O)Nc2ccc3c(c2)ncn3-c2ccccc2)cc1. The Balaban J connectivity index is 1.67. The summed E-state index contributed by atoms with van der Waals surface area (Å²) in [6.07, 6.45) is 1.73. The quantitative estimate of drug-likeness (QED) is 0.593. The van der Waals surface area contributed by atoms with Gasteiger partial charge >= 0.3 is 0 Å². The first-order valence-corrected chi connectivity index (χ1v) is 9.63. The van der Waals surface area contributed by atoms with Crippen molar-refractivity contribution in [2.45, 2.75) is 11.8 Å². The first-order chi connectivity index (χ1) is 12.5. The van der Waals surface area contributed by atoms with E-state index >= 15 is 0 Å². The summed E-state index contributed by atoms with van der Waals surface area (Å²) in [7, 11) is -3.63. The number of aromatic nitrogens is 2. The molecule has 0 aliphatic rings. The van der Waals surface area contributed by atoms with Crippen LogP contribution in [0, 0.1) is 6.92 Å². The Labute approximate surface area is 152 Å². The average molecular weight is 363 g/mol. The number of hydrogen-bond acceptors (Lipinski definition) is 3. The molecule has 4 aromatic rings. The van der Waals surface area contributed by atoms with Gasteiger partial charge in [-0.25, -0.2) is 13.4 Å². The lowest BCUT2D eigenvalue weighted by molar-refractivity contribution is 0.601. The third kappa shape index (κ3) is 3.07. The summed E-state index contributed by atoms with van der Waals surface area (Å²) in [5, 5.41) is 0. The van der Waals surface area contributed by atoms with Crippen LogP contribution in [0.4, 0.5) is 5.69 Å². The standard InChI is InChI=1S/C20H17N3O2S/c1-15-7-10-18(11-8-15)26(24,25)22-16-9-12-20-19(13-16)21-14-23(20)17-5-3-2-4-6-17/h2-14,22H,1H3. The van der Waals surface area contributed by atoms with Crippen molar-refractivity contribution in [2.75, 3.05) is 4.72 Å². The van der Waals surface area contributed by atoms with Crippen molar-refractivity contribution in [1.29, 1.82) is 0 Å². The first-order valence-electron chi connectivity index (χ1n) is 8.15. The number of nitrogens with zero attached hydrogens (tertiary/aromatic N) is 2. The summed E-state index contributed by atoms with van der Waals surface area (Å²) in [4.78, 5) is 4.63. The van der Waals surface area contributed by atoms with Crippen LogP contribution >= 0.6 is 0 Å². The van der Waals surface area contributed by atoms with Gasteiger partial charge in [-0.3, -0.25) is 9.29 Å². The largest absolute Gasteiger partial charge is 0.299 e. The second kappa shape index (κ2) is 6.31. The maximum absolute atomic E-state index is 12.5. The topological polar surface area (TPSA) is 64.0 Å². The van der Waals surface area contributed by atoms with E-state index in [1.165, 1.54) is 0 Å². The highest BCUT2D eigenvalue weighted by Gasteiger charge is 2.14. The third-order valence-electron chi connectivity index (χ3n) is 4.17. The molecule has 0 unspecified atom stereocenters. The summed E-state index contributed by atoms with van der Waals surface area (Å²) < 4.78 is 29.7. The van der Waals surface area contributed by atoms with Gasteiger partial charge in [0, 0.05) is 5.69 Å². The van der Waals surface area contributed by atoms with E-state index in [9.17, 15) is 8.42 Å². The van der Waals surface area contributed by atoms with Crippen LogP contribution in [-0.2, 0) is 10.0 Å². The second-order valence-corrected chi connectivity index (χ2v) is 7.75. The van der Waals surface area contributed by atoms with Crippen molar-refractivity contribution in [3.05, 3.63) is 84.7 Å². The second-order valence-electron chi connectivity index (χ2n) is 6.07. The van der Waals surface area contributed by atoms with Crippen LogP contribution < -0.4 is 4.72 Å². The fourth-order valence-corrected chi connectivity index (χ4v) is 3.85. The molecule has 0 atom stereocenters. The molecule has 0 bridgehead atoms. The number of para-hydroxylation sites is 1. The molecule has 130 valence electrons. The van der Waals surface area contributed by atoms with Crippen molar-refractivity contribution < 1.29 is 8.42 Å². The van der Waals surface area contributed by atoms with Gasteiger partial charge < -0.3 is 0 Å². The van der Waals surface area contributed by atoms with Gasteiger partial charge in [-0.1, -0.05) is 35.9 Å². The summed E-state index contributed by atoms with van der Waals surface area (Å²) in [6, 6.07) is 22.0. The van der Waals surface area contributed by atoms with Gasteiger partial charge in [0.2, 0.25) is 0 Å². The van der Waals surface area contributed by atoms with Crippen LogP contribution in [-0.4, -0.2) is 18.0 Å². The van der Waals surface area contributed by atoms with Gasteiger partial charge in [0.05, 0.1) is 21.6 Å². The molecule has 1 aromatic heterocycles. The number of benzene rings is 3. The predicted octanol–water partition coefficient (Wildman–Crippen LogP) is 4.13. The first kappa shape index (κ1) is 16.4.